The highest BCUT2D eigenvalue weighted by Crippen LogP contribution is 2.21. The standard InChI is InChI=1S/C14H14N6/c1-9-7-10(2)18-14(17-9)20-13(15)8-12(19-20)11-3-5-16-6-4-11/h3-8H,15H2,1-2H3. The van der Waals surface area contributed by atoms with E-state index in [-0.39, 0.29) is 0 Å². The lowest BCUT2D eigenvalue weighted by Gasteiger charge is -2.04. The summed E-state index contributed by atoms with van der Waals surface area (Å²) in [5.74, 6) is 0.988. The number of nitrogens with zero attached hydrogens (tertiary/aromatic N) is 5. The molecule has 0 aliphatic rings. The van der Waals surface area contributed by atoms with Crippen molar-refractivity contribution in [3.63, 3.8) is 0 Å². The minimum absolute atomic E-state index is 0.486. The first-order chi connectivity index (χ1) is 9.63. The molecule has 0 amide bonds. The second-order valence-electron chi connectivity index (χ2n) is 4.55. The van der Waals surface area contributed by atoms with Crippen LogP contribution in [0.3, 0.4) is 0 Å². The number of hydrogen-bond donors (Lipinski definition) is 1. The Labute approximate surface area is 116 Å². The van der Waals surface area contributed by atoms with E-state index in [2.05, 4.69) is 20.1 Å². The molecule has 6 heteroatoms. The van der Waals surface area contributed by atoms with Crippen LogP contribution in [0.5, 0.6) is 0 Å². The molecule has 0 atom stereocenters. The van der Waals surface area contributed by atoms with E-state index in [0.717, 1.165) is 22.6 Å². The summed E-state index contributed by atoms with van der Waals surface area (Å²) in [6, 6.07) is 7.48. The van der Waals surface area contributed by atoms with Gasteiger partial charge < -0.3 is 5.73 Å². The van der Waals surface area contributed by atoms with Crippen molar-refractivity contribution in [2.45, 2.75) is 13.8 Å². The average molecular weight is 266 g/mol. The highest BCUT2D eigenvalue weighted by molar-refractivity contribution is 5.62. The lowest BCUT2D eigenvalue weighted by atomic mass is 10.2. The predicted molar refractivity (Wildman–Crippen MR) is 76.3 cm³/mol. The van der Waals surface area contributed by atoms with Crippen molar-refractivity contribution in [1.29, 1.82) is 0 Å². The normalized spacial score (nSPS) is 10.7. The van der Waals surface area contributed by atoms with Gasteiger partial charge in [-0.1, -0.05) is 0 Å². The van der Waals surface area contributed by atoms with Crippen molar-refractivity contribution < 1.29 is 0 Å². The monoisotopic (exact) mass is 266 g/mol. The maximum absolute atomic E-state index is 6.02. The largest absolute Gasteiger partial charge is 0.383 e. The molecule has 3 aromatic rings. The summed E-state index contributed by atoms with van der Waals surface area (Å²) in [7, 11) is 0. The third kappa shape index (κ3) is 2.23. The molecule has 0 saturated carbocycles. The molecule has 100 valence electrons. The summed E-state index contributed by atoms with van der Waals surface area (Å²) >= 11 is 0. The Balaban J connectivity index is 2.09. The number of pyridine rings is 1. The van der Waals surface area contributed by atoms with Gasteiger partial charge in [-0.2, -0.15) is 9.78 Å². The molecule has 0 saturated heterocycles. The Morgan fingerprint density at radius 1 is 1.00 bits per heavy atom. The summed E-state index contributed by atoms with van der Waals surface area (Å²) in [4.78, 5) is 12.7. The van der Waals surface area contributed by atoms with Crippen LogP contribution in [0.2, 0.25) is 0 Å². The van der Waals surface area contributed by atoms with Crippen molar-refractivity contribution in [2.75, 3.05) is 5.73 Å². The molecule has 3 heterocycles. The smallest absolute Gasteiger partial charge is 0.252 e. The molecule has 0 aliphatic heterocycles. The molecular formula is C14H14N6. The molecule has 0 aliphatic carbocycles. The van der Waals surface area contributed by atoms with Gasteiger partial charge in [0.05, 0.1) is 5.69 Å². The Morgan fingerprint density at radius 2 is 1.65 bits per heavy atom. The zero-order valence-corrected chi connectivity index (χ0v) is 11.3. The van der Waals surface area contributed by atoms with Gasteiger partial charge in [-0.3, -0.25) is 4.98 Å². The summed E-state index contributed by atoms with van der Waals surface area (Å²) in [5.41, 5.74) is 9.50. The van der Waals surface area contributed by atoms with Crippen molar-refractivity contribution in [3.05, 3.63) is 48.0 Å². The lowest BCUT2D eigenvalue weighted by Crippen LogP contribution is -2.08. The van der Waals surface area contributed by atoms with Gasteiger partial charge in [-0.25, -0.2) is 9.97 Å². The number of rotatable bonds is 2. The number of anilines is 1. The molecule has 0 radical (unpaired) electrons. The number of aryl methyl sites for hydroxylation is 2. The van der Waals surface area contributed by atoms with Gasteiger partial charge in [-0.15, -0.1) is 0 Å². The van der Waals surface area contributed by atoms with Gasteiger partial charge >= 0.3 is 0 Å². The molecule has 3 aromatic heterocycles. The van der Waals surface area contributed by atoms with E-state index in [1.54, 1.807) is 23.1 Å². The van der Waals surface area contributed by atoms with E-state index in [4.69, 9.17) is 5.73 Å². The summed E-state index contributed by atoms with van der Waals surface area (Å²) < 4.78 is 1.55. The van der Waals surface area contributed by atoms with E-state index in [9.17, 15) is 0 Å². The van der Waals surface area contributed by atoms with Crippen LogP contribution in [-0.2, 0) is 0 Å². The van der Waals surface area contributed by atoms with E-state index in [1.807, 2.05) is 32.0 Å². The topological polar surface area (TPSA) is 82.5 Å². The molecule has 20 heavy (non-hydrogen) atoms. The molecule has 0 spiro atoms. The van der Waals surface area contributed by atoms with Crippen LogP contribution in [0.15, 0.2) is 36.7 Å². The maximum atomic E-state index is 6.02. The van der Waals surface area contributed by atoms with Gasteiger partial charge in [0.1, 0.15) is 5.82 Å². The number of nitrogen functional groups attached to an aromatic ring is 1. The highest BCUT2D eigenvalue weighted by Gasteiger charge is 2.11. The van der Waals surface area contributed by atoms with Gasteiger partial charge in [0.15, 0.2) is 0 Å². The summed E-state index contributed by atoms with van der Waals surface area (Å²) in [5, 5.41) is 4.47. The van der Waals surface area contributed by atoms with Crippen molar-refractivity contribution in [1.82, 2.24) is 24.7 Å². The maximum Gasteiger partial charge on any atom is 0.252 e. The minimum atomic E-state index is 0.486. The van der Waals surface area contributed by atoms with Crippen LogP contribution in [0.25, 0.3) is 17.2 Å². The van der Waals surface area contributed by atoms with Crippen LogP contribution < -0.4 is 5.73 Å². The van der Waals surface area contributed by atoms with E-state index in [1.165, 1.54) is 0 Å². The van der Waals surface area contributed by atoms with Crippen LogP contribution in [-0.4, -0.2) is 24.7 Å². The zero-order valence-electron chi connectivity index (χ0n) is 11.3. The van der Waals surface area contributed by atoms with E-state index >= 15 is 0 Å². The Hall–Kier alpha value is -2.76. The quantitative estimate of drug-likeness (QED) is 0.766. The second-order valence-corrected chi connectivity index (χ2v) is 4.55. The molecule has 0 aromatic carbocycles. The first kappa shape index (κ1) is 12.3. The third-order valence-electron chi connectivity index (χ3n) is 2.87. The Bertz CT molecular complexity index is 727. The summed E-state index contributed by atoms with van der Waals surface area (Å²) in [6.07, 6.45) is 3.44. The molecule has 0 bridgehead atoms. The zero-order chi connectivity index (χ0) is 14.1. The number of nitrogens with two attached hydrogens (primary N) is 1. The number of hydrogen-bond acceptors (Lipinski definition) is 5. The molecule has 3 rings (SSSR count). The summed E-state index contributed by atoms with van der Waals surface area (Å²) in [6.45, 7) is 3.84. The molecule has 2 N–H and O–H groups in total. The Kier molecular flexibility index (Phi) is 2.90. The van der Waals surface area contributed by atoms with Crippen molar-refractivity contribution in [2.24, 2.45) is 0 Å². The van der Waals surface area contributed by atoms with Crippen LogP contribution >= 0.6 is 0 Å². The first-order valence-corrected chi connectivity index (χ1v) is 6.22. The van der Waals surface area contributed by atoms with Gasteiger partial charge in [0, 0.05) is 35.4 Å². The molecule has 6 nitrogen and oxygen atoms in total. The minimum Gasteiger partial charge on any atom is -0.383 e. The molecule has 0 unspecified atom stereocenters. The van der Waals surface area contributed by atoms with Crippen molar-refractivity contribution in [3.8, 4) is 17.2 Å². The lowest BCUT2D eigenvalue weighted by molar-refractivity contribution is 0.805. The number of aromatic nitrogens is 5. The van der Waals surface area contributed by atoms with Crippen molar-refractivity contribution >= 4 is 5.82 Å². The SMILES string of the molecule is Cc1cc(C)nc(-n2nc(-c3ccncc3)cc2N)n1. The predicted octanol–water partition coefficient (Wildman–Crippen LogP) is 1.92. The first-order valence-electron chi connectivity index (χ1n) is 6.22. The van der Waals surface area contributed by atoms with Crippen LogP contribution in [0, 0.1) is 13.8 Å². The van der Waals surface area contributed by atoms with Crippen LogP contribution in [0.1, 0.15) is 11.4 Å². The highest BCUT2D eigenvalue weighted by atomic mass is 15.4. The molecule has 0 fully saturated rings. The fraction of sp³-hybridized carbons (Fsp3) is 0.143. The fourth-order valence-electron chi connectivity index (χ4n) is 2.02. The average Bonchev–Trinajstić information content (AvgIpc) is 2.81. The fourth-order valence-corrected chi connectivity index (χ4v) is 2.02. The molecular weight excluding hydrogens is 252 g/mol. The van der Waals surface area contributed by atoms with Gasteiger partial charge in [0.25, 0.3) is 5.95 Å². The van der Waals surface area contributed by atoms with Crippen LogP contribution in [0.4, 0.5) is 5.82 Å². The van der Waals surface area contributed by atoms with E-state index < -0.39 is 0 Å². The third-order valence-corrected chi connectivity index (χ3v) is 2.87. The second kappa shape index (κ2) is 4.73. The van der Waals surface area contributed by atoms with Gasteiger partial charge in [0.2, 0.25) is 0 Å². The van der Waals surface area contributed by atoms with E-state index in [0.29, 0.717) is 11.8 Å². The Morgan fingerprint density at radius 3 is 2.30 bits per heavy atom. The van der Waals surface area contributed by atoms with Gasteiger partial charge in [-0.05, 0) is 32.0 Å².